The molecule has 0 aliphatic carbocycles. The lowest BCUT2D eigenvalue weighted by molar-refractivity contribution is -0.220. The van der Waals surface area contributed by atoms with Gasteiger partial charge in [-0.05, 0) is 54.3 Å². The number of sulfone groups is 1. The Balaban J connectivity index is 1.34. The molecule has 39 heavy (non-hydrogen) atoms. The van der Waals surface area contributed by atoms with E-state index >= 15 is 0 Å². The summed E-state index contributed by atoms with van der Waals surface area (Å²) in [6.45, 7) is 0.387. The second-order valence-corrected chi connectivity index (χ2v) is 12.5. The number of hydrogen-bond donors (Lipinski definition) is 1. The Labute approximate surface area is 232 Å². The van der Waals surface area contributed by atoms with Gasteiger partial charge in [-0.1, -0.05) is 48.0 Å². The molecule has 2 fully saturated rings. The first kappa shape index (κ1) is 27.5. The Bertz CT molecular complexity index is 1420. The molecule has 2 saturated heterocycles. The first-order valence-corrected chi connectivity index (χ1v) is 14.8. The van der Waals surface area contributed by atoms with E-state index in [1.807, 2.05) is 66.7 Å². The maximum absolute atomic E-state index is 11.9. The maximum atomic E-state index is 11.9. The molecule has 0 atom stereocenters. The highest BCUT2D eigenvalue weighted by Crippen LogP contribution is 2.36. The van der Waals surface area contributed by atoms with Crippen molar-refractivity contribution in [2.75, 3.05) is 31.3 Å². The van der Waals surface area contributed by atoms with Crippen LogP contribution in [0.1, 0.15) is 24.0 Å². The highest BCUT2D eigenvalue weighted by atomic mass is 35.5. The van der Waals surface area contributed by atoms with E-state index in [-0.39, 0.29) is 24.2 Å². The van der Waals surface area contributed by atoms with Crippen molar-refractivity contribution < 1.29 is 37.3 Å². The predicted molar refractivity (Wildman–Crippen MR) is 146 cm³/mol. The minimum Gasteiger partial charge on any atom is -0.490 e. The Morgan fingerprint density at radius 2 is 1.74 bits per heavy atom. The first-order valence-electron chi connectivity index (χ1n) is 12.6. The van der Waals surface area contributed by atoms with Crippen LogP contribution in [-0.2, 0) is 36.3 Å². The fraction of sp³-hybridized carbons (Fsp3) is 0.345. The third-order valence-electron chi connectivity index (χ3n) is 6.96. The molecule has 2 aliphatic rings. The van der Waals surface area contributed by atoms with Gasteiger partial charge in [-0.15, -0.1) is 0 Å². The van der Waals surface area contributed by atoms with Crippen molar-refractivity contribution in [2.45, 2.75) is 31.2 Å². The summed E-state index contributed by atoms with van der Waals surface area (Å²) in [5.74, 6) is 0.463. The SMILES string of the molecule is O=C(O)COC1(c2ccc(OCc3cc(-c4ccccc4Cl)ccc3OC3CCS(=O)(=O)CC3)cc2)COC1. The zero-order valence-electron chi connectivity index (χ0n) is 21.2. The lowest BCUT2D eigenvalue weighted by Gasteiger charge is -2.41. The number of hydrogen-bond acceptors (Lipinski definition) is 7. The summed E-state index contributed by atoms with van der Waals surface area (Å²) in [6.07, 6.45) is 0.710. The summed E-state index contributed by atoms with van der Waals surface area (Å²) < 4.78 is 47.0. The van der Waals surface area contributed by atoms with Crippen LogP contribution in [0.5, 0.6) is 11.5 Å². The summed E-state index contributed by atoms with van der Waals surface area (Å²) in [7, 11) is -3.00. The first-order chi connectivity index (χ1) is 18.7. The van der Waals surface area contributed by atoms with Crippen LogP contribution >= 0.6 is 11.6 Å². The fourth-order valence-corrected chi connectivity index (χ4v) is 6.37. The van der Waals surface area contributed by atoms with Crippen molar-refractivity contribution >= 4 is 27.4 Å². The molecule has 0 unspecified atom stereocenters. The number of ether oxygens (including phenoxy) is 4. The largest absolute Gasteiger partial charge is 0.490 e. The number of carboxylic acids is 1. The number of carboxylic acid groups (broad SMARTS) is 1. The van der Waals surface area contributed by atoms with Crippen molar-refractivity contribution in [2.24, 2.45) is 0 Å². The number of aliphatic carboxylic acids is 1. The average Bonchev–Trinajstić information content (AvgIpc) is 2.89. The van der Waals surface area contributed by atoms with Gasteiger partial charge in [-0.25, -0.2) is 13.2 Å². The molecular weight excluding hydrogens is 544 g/mol. The molecule has 5 rings (SSSR count). The van der Waals surface area contributed by atoms with Crippen LogP contribution in [-0.4, -0.2) is 56.9 Å². The maximum Gasteiger partial charge on any atom is 0.329 e. The van der Waals surface area contributed by atoms with Crippen molar-refractivity contribution in [3.63, 3.8) is 0 Å². The van der Waals surface area contributed by atoms with Crippen molar-refractivity contribution in [1.29, 1.82) is 0 Å². The summed E-state index contributed by atoms with van der Waals surface area (Å²) >= 11 is 6.44. The van der Waals surface area contributed by atoms with Gasteiger partial charge in [0.2, 0.25) is 0 Å². The van der Waals surface area contributed by atoms with Gasteiger partial charge >= 0.3 is 5.97 Å². The number of halogens is 1. The Kier molecular flexibility index (Phi) is 8.13. The molecule has 0 bridgehead atoms. The van der Waals surface area contributed by atoms with Gasteiger partial charge in [0.1, 0.15) is 36.4 Å². The van der Waals surface area contributed by atoms with Crippen LogP contribution in [0.25, 0.3) is 11.1 Å². The second-order valence-electron chi connectivity index (χ2n) is 9.75. The number of carbonyl (C=O) groups is 1. The summed E-state index contributed by atoms with van der Waals surface area (Å²) in [6, 6.07) is 20.7. The van der Waals surface area contributed by atoms with E-state index in [0.29, 0.717) is 42.6 Å². The zero-order valence-corrected chi connectivity index (χ0v) is 22.7. The molecule has 0 spiro atoms. The summed E-state index contributed by atoms with van der Waals surface area (Å²) in [4.78, 5) is 11.0. The van der Waals surface area contributed by atoms with Crippen LogP contribution in [0.2, 0.25) is 5.02 Å². The van der Waals surface area contributed by atoms with E-state index in [0.717, 1.165) is 22.3 Å². The van der Waals surface area contributed by atoms with Gasteiger partial charge in [-0.2, -0.15) is 0 Å². The van der Waals surface area contributed by atoms with Crippen molar-refractivity contribution in [1.82, 2.24) is 0 Å². The third-order valence-corrected chi connectivity index (χ3v) is 9.00. The Morgan fingerprint density at radius 1 is 1.03 bits per heavy atom. The van der Waals surface area contributed by atoms with E-state index in [1.54, 1.807) is 0 Å². The van der Waals surface area contributed by atoms with Gasteiger partial charge in [-0.3, -0.25) is 0 Å². The fourth-order valence-electron chi connectivity index (χ4n) is 4.67. The molecule has 0 radical (unpaired) electrons. The average molecular weight is 573 g/mol. The molecule has 0 aromatic heterocycles. The molecule has 3 aromatic rings. The van der Waals surface area contributed by atoms with Crippen molar-refractivity contribution in [3.8, 4) is 22.6 Å². The van der Waals surface area contributed by atoms with Gasteiger partial charge in [0.15, 0.2) is 9.84 Å². The monoisotopic (exact) mass is 572 g/mol. The van der Waals surface area contributed by atoms with Crippen LogP contribution in [0, 0.1) is 0 Å². The van der Waals surface area contributed by atoms with Crippen molar-refractivity contribution in [3.05, 3.63) is 82.9 Å². The van der Waals surface area contributed by atoms with Gasteiger partial charge in [0.05, 0.1) is 24.7 Å². The smallest absolute Gasteiger partial charge is 0.329 e. The predicted octanol–water partition coefficient (Wildman–Crippen LogP) is 4.87. The van der Waals surface area contributed by atoms with Gasteiger partial charge in [0, 0.05) is 16.1 Å². The topological polar surface area (TPSA) is 108 Å². The number of rotatable bonds is 10. The quantitative estimate of drug-likeness (QED) is 0.367. The van der Waals surface area contributed by atoms with E-state index in [9.17, 15) is 13.2 Å². The van der Waals surface area contributed by atoms with Crippen LogP contribution < -0.4 is 9.47 Å². The second kappa shape index (κ2) is 11.6. The molecule has 2 heterocycles. The molecule has 2 aliphatic heterocycles. The molecule has 8 nitrogen and oxygen atoms in total. The highest BCUT2D eigenvalue weighted by Gasteiger charge is 2.42. The van der Waals surface area contributed by atoms with Gasteiger partial charge in [0.25, 0.3) is 0 Å². The molecule has 0 saturated carbocycles. The normalized spacial score (nSPS) is 18.2. The van der Waals surface area contributed by atoms with E-state index in [4.69, 9.17) is 35.7 Å². The van der Waals surface area contributed by atoms with Crippen LogP contribution in [0.15, 0.2) is 66.7 Å². The van der Waals surface area contributed by atoms with Gasteiger partial charge < -0.3 is 24.1 Å². The third kappa shape index (κ3) is 6.55. The molecule has 206 valence electrons. The Hall–Kier alpha value is -3.11. The zero-order chi connectivity index (χ0) is 27.5. The lowest BCUT2D eigenvalue weighted by Crippen LogP contribution is -2.49. The van der Waals surface area contributed by atoms with Crippen LogP contribution in [0.3, 0.4) is 0 Å². The molecule has 1 N–H and O–H groups in total. The lowest BCUT2D eigenvalue weighted by atomic mass is 9.91. The molecular formula is C29H29ClO8S. The molecule has 10 heteroatoms. The highest BCUT2D eigenvalue weighted by molar-refractivity contribution is 7.91. The minimum atomic E-state index is -3.00. The number of benzene rings is 3. The van der Waals surface area contributed by atoms with Crippen LogP contribution in [0.4, 0.5) is 0 Å². The molecule has 0 amide bonds. The summed E-state index contributed by atoms with van der Waals surface area (Å²) in [5.41, 5.74) is 2.65. The Morgan fingerprint density at radius 3 is 2.38 bits per heavy atom. The van der Waals surface area contributed by atoms with E-state index in [2.05, 4.69) is 0 Å². The van der Waals surface area contributed by atoms with E-state index in [1.165, 1.54) is 0 Å². The standard InChI is InChI=1S/C29H29ClO8S/c30-26-4-2-1-3-25(26)20-5-10-27(38-24-11-13-39(33,34)14-12-24)21(15-20)16-36-23-8-6-22(7-9-23)29(18-35-19-29)37-17-28(31)32/h1-10,15,24H,11-14,16-19H2,(H,31,32). The summed E-state index contributed by atoms with van der Waals surface area (Å²) in [5, 5.41) is 9.62. The molecule has 3 aromatic carbocycles. The minimum absolute atomic E-state index is 0.121. The van der Waals surface area contributed by atoms with E-state index < -0.39 is 28.0 Å².